The average molecular weight is 273 g/mol. The Morgan fingerprint density at radius 1 is 1.00 bits per heavy atom. The lowest BCUT2D eigenvalue weighted by Gasteiger charge is -2.03. The Kier molecular flexibility index (Phi) is 4.31. The van der Waals surface area contributed by atoms with Crippen LogP contribution in [0.3, 0.4) is 0 Å². The summed E-state index contributed by atoms with van der Waals surface area (Å²) in [6, 6.07) is 16.3. The summed E-state index contributed by atoms with van der Waals surface area (Å²) in [6.07, 6.45) is 0. The molecule has 3 nitrogen and oxygen atoms in total. The van der Waals surface area contributed by atoms with E-state index in [2.05, 4.69) is 10.5 Å². The minimum Gasteiger partial charge on any atom is -0.267 e. The Hall–Kier alpha value is -2.13. The van der Waals surface area contributed by atoms with Crippen molar-refractivity contribution in [2.24, 2.45) is 5.10 Å². The zero-order chi connectivity index (χ0) is 13.7. The molecule has 1 N–H and O–H groups in total. The van der Waals surface area contributed by atoms with Crippen LogP contribution in [0, 0.1) is 0 Å². The molecule has 0 saturated heterocycles. The number of hydrogen-bond donors (Lipinski definition) is 1. The van der Waals surface area contributed by atoms with Gasteiger partial charge in [0.05, 0.1) is 5.71 Å². The van der Waals surface area contributed by atoms with Gasteiger partial charge in [-0.15, -0.1) is 0 Å². The molecule has 0 radical (unpaired) electrons. The minimum absolute atomic E-state index is 0.257. The number of nitrogens with one attached hydrogen (secondary N) is 1. The lowest BCUT2D eigenvalue weighted by Crippen LogP contribution is -2.19. The molecular weight excluding hydrogens is 260 g/mol. The highest BCUT2D eigenvalue weighted by Crippen LogP contribution is 2.09. The van der Waals surface area contributed by atoms with E-state index in [-0.39, 0.29) is 5.91 Å². The summed E-state index contributed by atoms with van der Waals surface area (Å²) in [7, 11) is 0. The maximum atomic E-state index is 11.8. The van der Waals surface area contributed by atoms with E-state index in [0.717, 1.165) is 11.3 Å². The van der Waals surface area contributed by atoms with Crippen molar-refractivity contribution in [3.05, 3.63) is 70.7 Å². The molecule has 2 rings (SSSR count). The first-order chi connectivity index (χ1) is 9.16. The summed E-state index contributed by atoms with van der Waals surface area (Å²) < 4.78 is 0. The van der Waals surface area contributed by atoms with Crippen LogP contribution in [0.5, 0.6) is 0 Å². The summed E-state index contributed by atoms with van der Waals surface area (Å²) in [5, 5.41) is 4.67. The monoisotopic (exact) mass is 272 g/mol. The van der Waals surface area contributed by atoms with Crippen molar-refractivity contribution >= 4 is 23.2 Å². The van der Waals surface area contributed by atoms with Gasteiger partial charge in [-0.05, 0) is 36.8 Å². The smallest absolute Gasteiger partial charge is 0.267 e. The third-order valence-corrected chi connectivity index (χ3v) is 2.88. The molecule has 0 saturated carbocycles. The van der Waals surface area contributed by atoms with E-state index in [1.807, 2.05) is 37.3 Å². The summed E-state index contributed by atoms with van der Waals surface area (Å²) in [5.41, 5.74) is 4.77. The van der Waals surface area contributed by atoms with E-state index in [9.17, 15) is 4.79 Å². The van der Waals surface area contributed by atoms with Crippen LogP contribution in [0.2, 0.25) is 5.02 Å². The number of carbonyl (C=O) groups excluding carboxylic acids is 1. The van der Waals surface area contributed by atoms with Gasteiger partial charge in [-0.2, -0.15) is 5.10 Å². The Morgan fingerprint density at radius 2 is 1.63 bits per heavy atom. The van der Waals surface area contributed by atoms with Gasteiger partial charge >= 0.3 is 0 Å². The first kappa shape index (κ1) is 13.3. The highest BCUT2D eigenvalue weighted by atomic mass is 35.5. The predicted octanol–water partition coefficient (Wildman–Crippen LogP) is 3.49. The van der Waals surface area contributed by atoms with Crippen LogP contribution in [0.25, 0.3) is 0 Å². The lowest BCUT2D eigenvalue weighted by molar-refractivity contribution is 0.0955. The van der Waals surface area contributed by atoms with Crippen LogP contribution >= 0.6 is 11.6 Å². The molecule has 0 atom stereocenters. The quantitative estimate of drug-likeness (QED) is 0.674. The molecule has 0 unspecified atom stereocenters. The molecule has 1 amide bonds. The topological polar surface area (TPSA) is 41.5 Å². The van der Waals surface area contributed by atoms with E-state index in [1.165, 1.54) is 0 Å². The van der Waals surface area contributed by atoms with Crippen LogP contribution in [0.1, 0.15) is 22.8 Å². The summed E-state index contributed by atoms with van der Waals surface area (Å²) in [5.74, 6) is -0.257. The van der Waals surface area contributed by atoms with Crippen LogP contribution in [0.4, 0.5) is 0 Å². The van der Waals surface area contributed by atoms with Gasteiger partial charge in [0.25, 0.3) is 5.91 Å². The van der Waals surface area contributed by atoms with E-state index in [4.69, 9.17) is 11.6 Å². The second-order valence-electron chi connectivity index (χ2n) is 4.01. The zero-order valence-corrected chi connectivity index (χ0v) is 11.2. The van der Waals surface area contributed by atoms with Crippen molar-refractivity contribution < 1.29 is 4.79 Å². The number of nitrogens with zero attached hydrogens (tertiary/aromatic N) is 1. The predicted molar refractivity (Wildman–Crippen MR) is 77.6 cm³/mol. The Labute approximate surface area is 116 Å². The van der Waals surface area contributed by atoms with Gasteiger partial charge in [-0.25, -0.2) is 5.43 Å². The standard InChI is InChI=1S/C15H13ClN2O/c1-11(12-5-3-2-4-6-12)17-18-15(19)13-7-9-14(16)10-8-13/h2-10H,1H3,(H,18,19)/b17-11-. The first-order valence-corrected chi connectivity index (χ1v) is 6.20. The minimum atomic E-state index is -0.257. The summed E-state index contributed by atoms with van der Waals surface area (Å²) >= 11 is 5.76. The van der Waals surface area contributed by atoms with E-state index in [1.54, 1.807) is 24.3 Å². The van der Waals surface area contributed by atoms with Crippen LogP contribution in [0.15, 0.2) is 59.7 Å². The lowest BCUT2D eigenvalue weighted by atomic mass is 10.1. The second kappa shape index (κ2) is 6.16. The Morgan fingerprint density at radius 3 is 2.26 bits per heavy atom. The molecule has 0 heterocycles. The van der Waals surface area contributed by atoms with Gasteiger partial charge in [0, 0.05) is 10.6 Å². The van der Waals surface area contributed by atoms with Crippen LogP contribution in [-0.4, -0.2) is 11.6 Å². The highest BCUT2D eigenvalue weighted by Gasteiger charge is 2.04. The number of benzene rings is 2. The van der Waals surface area contributed by atoms with Crippen molar-refractivity contribution in [3.8, 4) is 0 Å². The Balaban J connectivity index is 2.06. The maximum Gasteiger partial charge on any atom is 0.271 e. The number of hydrazone groups is 1. The molecule has 0 spiro atoms. The van der Waals surface area contributed by atoms with E-state index >= 15 is 0 Å². The van der Waals surface area contributed by atoms with Gasteiger partial charge in [0.1, 0.15) is 0 Å². The molecule has 0 aliphatic carbocycles. The molecule has 0 aliphatic rings. The fraction of sp³-hybridized carbons (Fsp3) is 0.0667. The summed E-state index contributed by atoms with van der Waals surface area (Å²) in [4.78, 5) is 11.8. The SMILES string of the molecule is C/C(=N/NC(=O)c1ccc(Cl)cc1)c1ccccc1. The molecule has 0 aromatic heterocycles. The molecule has 19 heavy (non-hydrogen) atoms. The van der Waals surface area contributed by atoms with Gasteiger partial charge in [0.2, 0.25) is 0 Å². The molecule has 4 heteroatoms. The maximum absolute atomic E-state index is 11.8. The van der Waals surface area contributed by atoms with Gasteiger partial charge in [-0.1, -0.05) is 41.9 Å². The molecular formula is C15H13ClN2O. The third-order valence-electron chi connectivity index (χ3n) is 2.62. The number of halogens is 1. The number of carbonyl (C=O) groups is 1. The first-order valence-electron chi connectivity index (χ1n) is 5.82. The van der Waals surface area contributed by atoms with Gasteiger partial charge < -0.3 is 0 Å². The van der Waals surface area contributed by atoms with Crippen molar-refractivity contribution in [1.29, 1.82) is 0 Å². The van der Waals surface area contributed by atoms with Crippen molar-refractivity contribution in [2.75, 3.05) is 0 Å². The highest BCUT2D eigenvalue weighted by molar-refractivity contribution is 6.30. The van der Waals surface area contributed by atoms with Crippen LogP contribution in [-0.2, 0) is 0 Å². The number of rotatable bonds is 3. The third kappa shape index (κ3) is 3.66. The molecule has 2 aromatic rings. The summed E-state index contributed by atoms with van der Waals surface area (Å²) in [6.45, 7) is 1.84. The molecule has 0 aliphatic heterocycles. The molecule has 0 fully saturated rings. The van der Waals surface area contributed by atoms with Crippen LogP contribution < -0.4 is 5.43 Å². The fourth-order valence-electron chi connectivity index (χ4n) is 1.54. The van der Waals surface area contributed by atoms with Gasteiger partial charge in [-0.3, -0.25) is 4.79 Å². The fourth-order valence-corrected chi connectivity index (χ4v) is 1.67. The average Bonchev–Trinajstić information content (AvgIpc) is 2.46. The zero-order valence-electron chi connectivity index (χ0n) is 10.4. The van der Waals surface area contributed by atoms with Crippen molar-refractivity contribution in [1.82, 2.24) is 5.43 Å². The van der Waals surface area contributed by atoms with Crippen molar-refractivity contribution in [3.63, 3.8) is 0 Å². The second-order valence-corrected chi connectivity index (χ2v) is 4.45. The Bertz CT molecular complexity index is 591. The van der Waals surface area contributed by atoms with Crippen molar-refractivity contribution in [2.45, 2.75) is 6.92 Å². The number of hydrogen-bond acceptors (Lipinski definition) is 2. The normalized spacial score (nSPS) is 11.2. The molecule has 0 bridgehead atoms. The number of amides is 1. The van der Waals surface area contributed by atoms with E-state index < -0.39 is 0 Å². The van der Waals surface area contributed by atoms with Gasteiger partial charge in [0.15, 0.2) is 0 Å². The molecule has 2 aromatic carbocycles. The van der Waals surface area contributed by atoms with E-state index in [0.29, 0.717) is 10.6 Å². The largest absolute Gasteiger partial charge is 0.271 e. The molecule has 96 valence electrons.